The van der Waals surface area contributed by atoms with Crippen molar-refractivity contribution in [3.05, 3.63) is 0 Å². The Morgan fingerprint density at radius 1 is 1.17 bits per heavy atom. The lowest BCUT2D eigenvalue weighted by Crippen LogP contribution is -2.57. The Labute approximate surface area is 75.0 Å². The van der Waals surface area contributed by atoms with E-state index in [2.05, 4.69) is 6.92 Å². The molecule has 1 rings (SSSR count). The summed E-state index contributed by atoms with van der Waals surface area (Å²) in [4.78, 5) is 0. The maximum atomic E-state index is 5.70. The number of nitrogens with two attached hydrogens (primary N) is 2. The fraction of sp³-hybridized carbons (Fsp3) is 1.00. The molecule has 0 bridgehead atoms. The minimum Gasteiger partial charge on any atom is -0.255 e. The molecule has 0 aromatic carbocycles. The standard InChI is InChI=1S/C9H21N3/c1-2-6-9(12(10)11)7-4-3-5-8-9/h2-8,10-11H2,1H3. The summed E-state index contributed by atoms with van der Waals surface area (Å²) in [5, 5.41) is 1.47. The molecule has 1 aliphatic carbocycles. The van der Waals surface area contributed by atoms with Crippen molar-refractivity contribution in [2.45, 2.75) is 57.4 Å². The Morgan fingerprint density at radius 2 is 1.75 bits per heavy atom. The Hall–Kier alpha value is -0.120. The smallest absolute Gasteiger partial charge is 0.0505 e. The minimum atomic E-state index is 0.118. The van der Waals surface area contributed by atoms with Crippen LogP contribution < -0.4 is 11.7 Å². The van der Waals surface area contributed by atoms with E-state index in [9.17, 15) is 0 Å². The summed E-state index contributed by atoms with van der Waals surface area (Å²) in [5.41, 5.74) is 0.118. The first kappa shape index (κ1) is 9.96. The number of hydrogen-bond acceptors (Lipinski definition) is 3. The van der Waals surface area contributed by atoms with Crippen molar-refractivity contribution in [1.29, 1.82) is 0 Å². The van der Waals surface area contributed by atoms with Crippen LogP contribution in [0.4, 0.5) is 0 Å². The van der Waals surface area contributed by atoms with Crippen LogP contribution in [0.5, 0.6) is 0 Å². The van der Waals surface area contributed by atoms with Gasteiger partial charge in [-0.25, -0.2) is 0 Å². The van der Waals surface area contributed by atoms with Gasteiger partial charge in [0.1, 0.15) is 0 Å². The van der Waals surface area contributed by atoms with E-state index in [0.717, 1.165) is 6.42 Å². The quantitative estimate of drug-likeness (QED) is 0.500. The highest BCUT2D eigenvalue weighted by atomic mass is 15.6. The highest BCUT2D eigenvalue weighted by Crippen LogP contribution is 2.34. The van der Waals surface area contributed by atoms with Crippen molar-refractivity contribution >= 4 is 0 Å². The van der Waals surface area contributed by atoms with Crippen molar-refractivity contribution in [2.24, 2.45) is 11.7 Å². The van der Waals surface area contributed by atoms with Gasteiger partial charge < -0.3 is 0 Å². The Morgan fingerprint density at radius 3 is 2.17 bits per heavy atom. The molecule has 0 saturated heterocycles. The number of hydrazine groups is 2. The molecule has 0 amide bonds. The first-order valence-corrected chi connectivity index (χ1v) is 5.01. The molecule has 12 heavy (non-hydrogen) atoms. The van der Waals surface area contributed by atoms with E-state index < -0.39 is 0 Å². The van der Waals surface area contributed by atoms with E-state index >= 15 is 0 Å². The van der Waals surface area contributed by atoms with Crippen LogP contribution in [-0.4, -0.2) is 10.7 Å². The Kier molecular flexibility index (Phi) is 3.50. The highest BCUT2D eigenvalue weighted by Gasteiger charge is 2.34. The van der Waals surface area contributed by atoms with Crippen LogP contribution >= 0.6 is 0 Å². The summed E-state index contributed by atoms with van der Waals surface area (Å²) in [6.45, 7) is 2.19. The van der Waals surface area contributed by atoms with Gasteiger partial charge >= 0.3 is 0 Å². The lowest BCUT2D eigenvalue weighted by Gasteiger charge is -2.41. The molecular formula is C9H21N3. The zero-order valence-electron chi connectivity index (χ0n) is 8.05. The van der Waals surface area contributed by atoms with Gasteiger partial charge in [0.25, 0.3) is 0 Å². The van der Waals surface area contributed by atoms with Crippen LogP contribution in [0.1, 0.15) is 51.9 Å². The lowest BCUT2D eigenvalue weighted by molar-refractivity contribution is 0.0402. The second kappa shape index (κ2) is 4.21. The van der Waals surface area contributed by atoms with E-state index in [1.54, 1.807) is 0 Å². The Bertz CT molecular complexity index is 122. The molecule has 1 aliphatic rings. The predicted octanol–water partition coefficient (Wildman–Crippen LogP) is 1.54. The van der Waals surface area contributed by atoms with Gasteiger partial charge in [-0.05, 0) is 19.3 Å². The second-order valence-corrected chi connectivity index (χ2v) is 3.94. The maximum absolute atomic E-state index is 5.70. The van der Waals surface area contributed by atoms with E-state index in [1.807, 2.05) is 0 Å². The molecule has 1 fully saturated rings. The van der Waals surface area contributed by atoms with Gasteiger partial charge in [-0.15, -0.1) is 0 Å². The summed E-state index contributed by atoms with van der Waals surface area (Å²) in [6.07, 6.45) is 8.57. The largest absolute Gasteiger partial charge is 0.255 e. The third-order valence-electron chi connectivity index (χ3n) is 3.05. The first-order valence-electron chi connectivity index (χ1n) is 5.01. The zero-order valence-corrected chi connectivity index (χ0v) is 8.05. The van der Waals surface area contributed by atoms with Crippen LogP contribution in [0.25, 0.3) is 0 Å². The van der Waals surface area contributed by atoms with Gasteiger partial charge in [0.15, 0.2) is 0 Å². The predicted molar refractivity (Wildman–Crippen MR) is 50.9 cm³/mol. The van der Waals surface area contributed by atoms with Crippen molar-refractivity contribution in [2.75, 3.05) is 0 Å². The van der Waals surface area contributed by atoms with Crippen molar-refractivity contribution in [3.63, 3.8) is 0 Å². The fourth-order valence-electron chi connectivity index (χ4n) is 2.31. The summed E-state index contributed by atoms with van der Waals surface area (Å²) in [6, 6.07) is 0. The summed E-state index contributed by atoms with van der Waals surface area (Å²) in [5.74, 6) is 11.4. The van der Waals surface area contributed by atoms with E-state index in [1.165, 1.54) is 43.6 Å². The van der Waals surface area contributed by atoms with Gasteiger partial charge in [-0.2, -0.15) is 5.12 Å². The molecule has 3 nitrogen and oxygen atoms in total. The van der Waals surface area contributed by atoms with Crippen LogP contribution in [0.3, 0.4) is 0 Å². The van der Waals surface area contributed by atoms with Gasteiger partial charge in [0.05, 0.1) is 5.54 Å². The Balaban J connectivity index is 2.56. The van der Waals surface area contributed by atoms with Crippen molar-refractivity contribution < 1.29 is 0 Å². The van der Waals surface area contributed by atoms with E-state index in [4.69, 9.17) is 11.7 Å². The van der Waals surface area contributed by atoms with Crippen LogP contribution in [0.2, 0.25) is 0 Å². The van der Waals surface area contributed by atoms with Crippen LogP contribution in [0.15, 0.2) is 0 Å². The topological polar surface area (TPSA) is 55.3 Å². The molecule has 0 aliphatic heterocycles. The molecule has 3 heteroatoms. The van der Waals surface area contributed by atoms with Crippen LogP contribution in [-0.2, 0) is 0 Å². The van der Waals surface area contributed by atoms with Gasteiger partial charge in [0, 0.05) is 0 Å². The molecule has 0 heterocycles. The first-order chi connectivity index (χ1) is 5.71. The number of hydrogen-bond donors (Lipinski definition) is 2. The molecule has 0 unspecified atom stereocenters. The average Bonchev–Trinajstić information content (AvgIpc) is 2.06. The molecule has 72 valence electrons. The summed E-state index contributed by atoms with van der Waals surface area (Å²) in [7, 11) is 0. The fourth-order valence-corrected chi connectivity index (χ4v) is 2.31. The van der Waals surface area contributed by atoms with Crippen molar-refractivity contribution in [1.82, 2.24) is 5.12 Å². The molecule has 0 spiro atoms. The molecule has 0 radical (unpaired) electrons. The van der Waals surface area contributed by atoms with Crippen molar-refractivity contribution in [3.8, 4) is 0 Å². The third-order valence-corrected chi connectivity index (χ3v) is 3.05. The number of rotatable bonds is 3. The highest BCUT2D eigenvalue weighted by molar-refractivity contribution is 4.88. The molecule has 0 aromatic heterocycles. The summed E-state index contributed by atoms with van der Waals surface area (Å²) >= 11 is 0. The maximum Gasteiger partial charge on any atom is 0.0505 e. The van der Waals surface area contributed by atoms with Crippen LogP contribution in [0, 0.1) is 0 Å². The van der Waals surface area contributed by atoms with Gasteiger partial charge in [0.2, 0.25) is 0 Å². The molecule has 0 aromatic rings. The lowest BCUT2D eigenvalue weighted by atomic mass is 9.79. The number of nitrogens with zero attached hydrogens (tertiary/aromatic N) is 1. The SMILES string of the molecule is CCCC1(N(N)N)CCCCC1. The third kappa shape index (κ3) is 1.97. The molecule has 1 saturated carbocycles. The average molecular weight is 171 g/mol. The molecule has 4 N–H and O–H groups in total. The molecular weight excluding hydrogens is 150 g/mol. The minimum absolute atomic E-state index is 0.118. The van der Waals surface area contributed by atoms with E-state index in [0.29, 0.717) is 0 Å². The van der Waals surface area contributed by atoms with E-state index in [-0.39, 0.29) is 5.54 Å². The summed E-state index contributed by atoms with van der Waals surface area (Å²) < 4.78 is 0. The zero-order chi connectivity index (χ0) is 9.03. The monoisotopic (exact) mass is 171 g/mol. The van der Waals surface area contributed by atoms with Gasteiger partial charge in [-0.1, -0.05) is 32.6 Å². The van der Waals surface area contributed by atoms with Gasteiger partial charge in [-0.3, -0.25) is 11.7 Å². The molecule has 0 atom stereocenters. The normalized spacial score (nSPS) is 23.0. The second-order valence-electron chi connectivity index (χ2n) is 3.94.